The van der Waals surface area contributed by atoms with Crippen LogP contribution in [0.5, 0.6) is 0 Å². The Morgan fingerprint density at radius 1 is 1.03 bits per heavy atom. The second-order valence-corrected chi connectivity index (χ2v) is 7.61. The van der Waals surface area contributed by atoms with Crippen LogP contribution in [0.25, 0.3) is 0 Å². The zero-order chi connectivity index (χ0) is 23.5. The zero-order valence-electron chi connectivity index (χ0n) is 18.1. The van der Waals surface area contributed by atoms with Crippen molar-refractivity contribution >= 4 is 17.7 Å². The smallest absolute Gasteiger partial charge is 0.309 e. The molecule has 9 heteroatoms. The molecular weight excluding hydrogens is 419 g/mol. The maximum Gasteiger partial charge on any atom is 0.432 e. The van der Waals surface area contributed by atoms with E-state index in [1.54, 1.807) is 12.1 Å². The van der Waals surface area contributed by atoms with E-state index in [4.69, 9.17) is 0 Å². The summed E-state index contributed by atoms with van der Waals surface area (Å²) in [6, 6.07) is 13.4. The van der Waals surface area contributed by atoms with Crippen LogP contribution in [0.15, 0.2) is 53.5 Å². The molecule has 0 radical (unpaired) electrons. The van der Waals surface area contributed by atoms with Gasteiger partial charge in [0, 0.05) is 11.6 Å². The van der Waals surface area contributed by atoms with Gasteiger partial charge in [0.15, 0.2) is 5.82 Å². The molecule has 0 spiro atoms. The van der Waals surface area contributed by atoms with Crippen molar-refractivity contribution in [2.75, 3.05) is 5.32 Å². The molecule has 3 rings (SSSR count). The van der Waals surface area contributed by atoms with E-state index in [0.717, 1.165) is 28.3 Å². The Kier molecular flexibility index (Phi) is 6.67. The van der Waals surface area contributed by atoms with Crippen LogP contribution in [0.1, 0.15) is 51.3 Å². The SMILES string of the molecule is Cc1ccc(C(C)N=C(NC(=O)c2ccc(C)c(C)c2)Nc2cc(C(F)(F)F)[nH]n2)cc1. The van der Waals surface area contributed by atoms with Gasteiger partial charge < -0.3 is 5.32 Å². The summed E-state index contributed by atoms with van der Waals surface area (Å²) >= 11 is 0. The number of nitrogens with zero attached hydrogens (tertiary/aromatic N) is 2. The van der Waals surface area contributed by atoms with Crippen molar-refractivity contribution < 1.29 is 18.0 Å². The van der Waals surface area contributed by atoms with Crippen molar-refractivity contribution in [3.8, 4) is 0 Å². The Morgan fingerprint density at radius 2 is 1.72 bits per heavy atom. The third kappa shape index (κ3) is 5.75. The predicted octanol–water partition coefficient (Wildman–Crippen LogP) is 5.31. The maximum absolute atomic E-state index is 12.9. The number of amides is 1. The highest BCUT2D eigenvalue weighted by atomic mass is 19.4. The highest BCUT2D eigenvalue weighted by Crippen LogP contribution is 2.28. The quantitative estimate of drug-likeness (QED) is 0.377. The van der Waals surface area contributed by atoms with Crippen molar-refractivity contribution in [2.24, 2.45) is 4.99 Å². The number of guanidine groups is 1. The van der Waals surface area contributed by atoms with E-state index < -0.39 is 17.8 Å². The van der Waals surface area contributed by atoms with Gasteiger partial charge in [0.2, 0.25) is 5.96 Å². The van der Waals surface area contributed by atoms with Crippen molar-refractivity contribution in [1.82, 2.24) is 15.5 Å². The summed E-state index contributed by atoms with van der Waals surface area (Å²) in [5.74, 6) is -0.573. The first kappa shape index (κ1) is 23.1. The lowest BCUT2D eigenvalue weighted by atomic mass is 10.1. The number of carbonyl (C=O) groups excluding carboxylic acids is 1. The Morgan fingerprint density at radius 3 is 2.31 bits per heavy atom. The third-order valence-electron chi connectivity index (χ3n) is 5.01. The minimum absolute atomic E-state index is 0.0125. The summed E-state index contributed by atoms with van der Waals surface area (Å²) in [7, 11) is 0. The van der Waals surface area contributed by atoms with Gasteiger partial charge in [-0.2, -0.15) is 18.3 Å². The monoisotopic (exact) mass is 443 g/mol. The van der Waals surface area contributed by atoms with Gasteiger partial charge in [-0.15, -0.1) is 0 Å². The standard InChI is InChI=1S/C23H24F3N5O/c1-13-5-8-17(9-6-13)16(4)27-22(28-20-12-19(30-31-20)23(24,25)26)29-21(32)18-10-7-14(2)15(3)11-18/h5-12,16H,1-4H3,(H3,27,28,29,30,31,32). The number of nitrogens with one attached hydrogen (secondary N) is 3. The molecule has 32 heavy (non-hydrogen) atoms. The molecule has 0 saturated carbocycles. The highest BCUT2D eigenvalue weighted by molar-refractivity contribution is 6.09. The van der Waals surface area contributed by atoms with Crippen molar-refractivity contribution in [3.63, 3.8) is 0 Å². The topological polar surface area (TPSA) is 82.2 Å². The molecule has 1 amide bonds. The van der Waals surface area contributed by atoms with E-state index in [0.29, 0.717) is 5.56 Å². The van der Waals surface area contributed by atoms with Gasteiger partial charge in [-0.1, -0.05) is 35.9 Å². The lowest BCUT2D eigenvalue weighted by Gasteiger charge is -2.14. The second kappa shape index (κ2) is 9.25. The van der Waals surface area contributed by atoms with E-state index in [-0.39, 0.29) is 17.8 Å². The van der Waals surface area contributed by atoms with Crippen LogP contribution < -0.4 is 10.6 Å². The Balaban J connectivity index is 1.88. The molecule has 1 unspecified atom stereocenters. The van der Waals surface area contributed by atoms with Crippen LogP contribution >= 0.6 is 0 Å². The molecule has 0 aliphatic carbocycles. The summed E-state index contributed by atoms with van der Waals surface area (Å²) in [4.78, 5) is 17.3. The minimum Gasteiger partial charge on any atom is -0.309 e. The van der Waals surface area contributed by atoms with E-state index in [1.807, 2.05) is 63.1 Å². The molecule has 0 bridgehead atoms. The van der Waals surface area contributed by atoms with Crippen LogP contribution in [-0.4, -0.2) is 22.1 Å². The number of benzene rings is 2. The van der Waals surface area contributed by atoms with E-state index in [2.05, 4.69) is 20.7 Å². The normalized spacial score (nSPS) is 13.0. The maximum atomic E-state index is 12.9. The Hall–Kier alpha value is -3.62. The van der Waals surface area contributed by atoms with Crippen molar-refractivity contribution in [3.05, 3.63) is 82.0 Å². The van der Waals surface area contributed by atoms with Crippen LogP contribution in [0.2, 0.25) is 0 Å². The van der Waals surface area contributed by atoms with Gasteiger partial charge in [-0.25, -0.2) is 4.99 Å². The molecule has 1 heterocycles. The summed E-state index contributed by atoms with van der Waals surface area (Å²) in [6.07, 6.45) is -4.57. The number of hydrogen-bond acceptors (Lipinski definition) is 3. The van der Waals surface area contributed by atoms with E-state index >= 15 is 0 Å². The van der Waals surface area contributed by atoms with Gasteiger partial charge in [0.1, 0.15) is 5.69 Å². The first-order valence-corrected chi connectivity index (χ1v) is 9.95. The molecule has 3 N–H and O–H groups in total. The fraction of sp³-hybridized carbons (Fsp3) is 0.261. The lowest BCUT2D eigenvalue weighted by molar-refractivity contribution is -0.141. The number of halogens is 3. The number of aryl methyl sites for hydroxylation is 3. The summed E-state index contributed by atoms with van der Waals surface area (Å²) in [5, 5.41) is 10.9. The number of hydrogen-bond donors (Lipinski definition) is 3. The fourth-order valence-electron chi connectivity index (χ4n) is 2.92. The molecule has 6 nitrogen and oxygen atoms in total. The number of aromatic amines is 1. The van der Waals surface area contributed by atoms with Crippen LogP contribution in [-0.2, 0) is 6.18 Å². The molecule has 0 aliphatic heterocycles. The number of rotatable bonds is 4. The zero-order valence-corrected chi connectivity index (χ0v) is 18.1. The van der Waals surface area contributed by atoms with E-state index in [9.17, 15) is 18.0 Å². The molecule has 0 fully saturated rings. The summed E-state index contributed by atoms with van der Waals surface area (Å²) < 4.78 is 38.7. The van der Waals surface area contributed by atoms with Crippen molar-refractivity contribution in [2.45, 2.75) is 39.9 Å². The fourth-order valence-corrected chi connectivity index (χ4v) is 2.92. The molecular formula is C23H24F3N5O. The first-order chi connectivity index (χ1) is 15.0. The largest absolute Gasteiger partial charge is 0.432 e. The van der Waals surface area contributed by atoms with E-state index in [1.165, 1.54) is 0 Å². The third-order valence-corrected chi connectivity index (χ3v) is 5.01. The average molecular weight is 443 g/mol. The Labute approximate surface area is 184 Å². The number of aliphatic imine (C=N–C) groups is 1. The molecule has 2 aromatic carbocycles. The predicted molar refractivity (Wildman–Crippen MR) is 118 cm³/mol. The van der Waals surface area contributed by atoms with Gasteiger partial charge >= 0.3 is 6.18 Å². The van der Waals surface area contributed by atoms with Gasteiger partial charge in [-0.3, -0.25) is 15.2 Å². The van der Waals surface area contributed by atoms with Gasteiger partial charge in [0.05, 0.1) is 6.04 Å². The van der Waals surface area contributed by atoms with Crippen LogP contribution in [0, 0.1) is 20.8 Å². The van der Waals surface area contributed by atoms with Gasteiger partial charge in [-0.05, 0) is 56.5 Å². The van der Waals surface area contributed by atoms with Gasteiger partial charge in [0.25, 0.3) is 5.91 Å². The summed E-state index contributed by atoms with van der Waals surface area (Å²) in [6.45, 7) is 7.61. The number of carbonyl (C=O) groups is 1. The average Bonchev–Trinajstić information content (AvgIpc) is 3.19. The minimum atomic E-state index is -4.57. The molecule has 1 aromatic heterocycles. The van der Waals surface area contributed by atoms with Crippen LogP contribution in [0.4, 0.5) is 19.0 Å². The molecule has 1 atom stereocenters. The molecule has 168 valence electrons. The Bertz CT molecular complexity index is 1130. The lowest BCUT2D eigenvalue weighted by Crippen LogP contribution is -2.36. The van der Waals surface area contributed by atoms with Crippen molar-refractivity contribution in [1.29, 1.82) is 0 Å². The first-order valence-electron chi connectivity index (χ1n) is 9.95. The summed E-state index contributed by atoms with van der Waals surface area (Å²) in [5.41, 5.74) is 3.35. The number of alkyl halides is 3. The number of anilines is 1. The molecule has 0 saturated heterocycles. The van der Waals surface area contributed by atoms with Crippen LogP contribution in [0.3, 0.4) is 0 Å². The second-order valence-electron chi connectivity index (χ2n) is 7.61. The molecule has 0 aliphatic rings. The number of aromatic nitrogens is 2. The number of H-pyrrole nitrogens is 1. The molecule has 3 aromatic rings. The highest BCUT2D eigenvalue weighted by Gasteiger charge is 2.33.